The first kappa shape index (κ1) is 26.2. The predicted octanol–water partition coefficient (Wildman–Crippen LogP) is 4.92. The molecule has 2 aliphatic heterocycles. The maximum absolute atomic E-state index is 13.8. The van der Waals surface area contributed by atoms with Crippen LogP contribution in [0.2, 0.25) is 0 Å². The first-order chi connectivity index (χ1) is 18.3. The highest BCUT2D eigenvalue weighted by Crippen LogP contribution is 2.34. The highest BCUT2D eigenvalue weighted by Gasteiger charge is 2.37. The standard InChI is InChI=1S/C28H30F3N3O4/c1-36-21-9-8-19-15-20(26(32-25(19)16-21)33-10-13-37-14-11-33)17-34(18-22-5-4-12-38-22)27(35)23-6-2-3-7-24(23)28(29,30)31/h2-3,6-9,15-16,22H,4-5,10-14,17-18H2,1H3/t22-/m0/s1. The minimum Gasteiger partial charge on any atom is -0.497 e. The van der Waals surface area contributed by atoms with Gasteiger partial charge in [0.25, 0.3) is 5.91 Å². The number of rotatable bonds is 7. The maximum atomic E-state index is 13.8. The van der Waals surface area contributed by atoms with Gasteiger partial charge >= 0.3 is 6.18 Å². The maximum Gasteiger partial charge on any atom is 0.417 e. The van der Waals surface area contributed by atoms with Crippen LogP contribution in [-0.2, 0) is 22.2 Å². The highest BCUT2D eigenvalue weighted by atomic mass is 19.4. The monoisotopic (exact) mass is 529 g/mol. The molecule has 0 N–H and O–H groups in total. The van der Waals surface area contributed by atoms with Gasteiger partial charge in [0, 0.05) is 49.8 Å². The lowest BCUT2D eigenvalue weighted by Gasteiger charge is -2.32. The summed E-state index contributed by atoms with van der Waals surface area (Å²) >= 11 is 0. The van der Waals surface area contributed by atoms with Crippen LogP contribution in [0.4, 0.5) is 19.0 Å². The molecule has 38 heavy (non-hydrogen) atoms. The lowest BCUT2D eigenvalue weighted by atomic mass is 10.0. The molecule has 2 saturated heterocycles. The predicted molar refractivity (Wildman–Crippen MR) is 136 cm³/mol. The summed E-state index contributed by atoms with van der Waals surface area (Å²) in [5.74, 6) is 0.670. The van der Waals surface area contributed by atoms with Gasteiger partial charge in [0.15, 0.2) is 0 Å². The third-order valence-electron chi connectivity index (χ3n) is 6.95. The van der Waals surface area contributed by atoms with Crippen molar-refractivity contribution in [3.8, 4) is 5.75 Å². The Morgan fingerprint density at radius 1 is 1.13 bits per heavy atom. The molecule has 2 aromatic carbocycles. The Morgan fingerprint density at radius 2 is 1.92 bits per heavy atom. The van der Waals surface area contributed by atoms with Crippen LogP contribution in [0.1, 0.15) is 34.3 Å². The quantitative estimate of drug-likeness (QED) is 0.433. The summed E-state index contributed by atoms with van der Waals surface area (Å²) in [4.78, 5) is 22.2. The van der Waals surface area contributed by atoms with Crippen LogP contribution in [0, 0.1) is 0 Å². The zero-order chi connectivity index (χ0) is 26.7. The molecule has 7 nitrogen and oxygen atoms in total. The average molecular weight is 530 g/mol. The fraction of sp³-hybridized carbons (Fsp3) is 0.429. The molecule has 10 heteroatoms. The van der Waals surface area contributed by atoms with E-state index >= 15 is 0 Å². The van der Waals surface area contributed by atoms with E-state index < -0.39 is 17.6 Å². The number of fused-ring (bicyclic) bond motifs is 1. The van der Waals surface area contributed by atoms with E-state index in [1.54, 1.807) is 7.11 Å². The molecule has 2 fully saturated rings. The van der Waals surface area contributed by atoms with E-state index in [0.29, 0.717) is 44.5 Å². The number of alkyl halides is 3. The summed E-state index contributed by atoms with van der Waals surface area (Å²) in [6.45, 7) is 3.16. The molecule has 2 aliphatic rings. The Hall–Kier alpha value is -3.37. The van der Waals surface area contributed by atoms with Gasteiger partial charge in [-0.3, -0.25) is 4.79 Å². The minimum absolute atomic E-state index is 0.0898. The normalized spacial score (nSPS) is 18.1. The molecule has 0 aliphatic carbocycles. The number of carbonyl (C=O) groups excluding carboxylic acids is 1. The third kappa shape index (κ3) is 5.71. The Kier molecular flexibility index (Phi) is 7.71. The highest BCUT2D eigenvalue weighted by molar-refractivity contribution is 5.96. The molecule has 0 bridgehead atoms. The summed E-state index contributed by atoms with van der Waals surface area (Å²) in [7, 11) is 1.59. The number of amides is 1. The van der Waals surface area contributed by atoms with Gasteiger partial charge in [0.1, 0.15) is 11.6 Å². The first-order valence-corrected chi connectivity index (χ1v) is 12.7. The van der Waals surface area contributed by atoms with Crippen molar-refractivity contribution in [3.63, 3.8) is 0 Å². The van der Waals surface area contributed by atoms with Gasteiger partial charge in [-0.25, -0.2) is 4.98 Å². The average Bonchev–Trinajstić information content (AvgIpc) is 3.45. The number of hydrogen-bond acceptors (Lipinski definition) is 6. The lowest BCUT2D eigenvalue weighted by molar-refractivity contribution is -0.138. The van der Waals surface area contributed by atoms with Gasteiger partial charge in [0.05, 0.1) is 43.1 Å². The topological polar surface area (TPSA) is 64.1 Å². The molecule has 1 atom stereocenters. The zero-order valence-electron chi connectivity index (χ0n) is 21.2. The van der Waals surface area contributed by atoms with Crippen molar-refractivity contribution in [2.45, 2.75) is 31.7 Å². The van der Waals surface area contributed by atoms with Crippen molar-refractivity contribution in [2.75, 3.05) is 51.5 Å². The van der Waals surface area contributed by atoms with E-state index in [1.807, 2.05) is 24.3 Å². The van der Waals surface area contributed by atoms with E-state index in [2.05, 4.69) is 4.90 Å². The van der Waals surface area contributed by atoms with E-state index in [-0.39, 0.29) is 24.8 Å². The molecule has 1 amide bonds. The fourth-order valence-corrected chi connectivity index (χ4v) is 5.02. The van der Waals surface area contributed by atoms with Crippen molar-refractivity contribution < 1.29 is 32.2 Å². The van der Waals surface area contributed by atoms with Crippen LogP contribution in [0.5, 0.6) is 5.75 Å². The molecule has 3 aromatic rings. The number of ether oxygens (including phenoxy) is 3. The van der Waals surface area contributed by atoms with Crippen LogP contribution < -0.4 is 9.64 Å². The molecule has 3 heterocycles. The number of aromatic nitrogens is 1. The van der Waals surface area contributed by atoms with E-state index in [0.717, 1.165) is 35.4 Å². The van der Waals surface area contributed by atoms with Crippen molar-refractivity contribution >= 4 is 22.6 Å². The van der Waals surface area contributed by atoms with Gasteiger partial charge in [0.2, 0.25) is 0 Å². The number of hydrogen-bond donors (Lipinski definition) is 0. The molecule has 0 unspecified atom stereocenters. The summed E-state index contributed by atoms with van der Waals surface area (Å²) in [6, 6.07) is 12.5. The number of nitrogens with zero attached hydrogens (tertiary/aromatic N) is 3. The van der Waals surface area contributed by atoms with E-state index in [9.17, 15) is 18.0 Å². The van der Waals surface area contributed by atoms with Gasteiger partial charge in [-0.05, 0) is 43.2 Å². The smallest absolute Gasteiger partial charge is 0.417 e. The third-order valence-corrected chi connectivity index (χ3v) is 6.95. The molecular weight excluding hydrogens is 499 g/mol. The second-order valence-corrected chi connectivity index (χ2v) is 9.49. The van der Waals surface area contributed by atoms with Gasteiger partial charge in [-0.1, -0.05) is 12.1 Å². The SMILES string of the molecule is COc1ccc2cc(CN(C[C@@H]3CCCO3)C(=O)c3ccccc3C(F)(F)F)c(N3CCOCC3)nc2c1. The Balaban J connectivity index is 1.56. The fourth-order valence-electron chi connectivity index (χ4n) is 5.02. The summed E-state index contributed by atoms with van der Waals surface area (Å²) in [5.41, 5.74) is 0.165. The van der Waals surface area contributed by atoms with Crippen LogP contribution in [0.15, 0.2) is 48.5 Å². The summed E-state index contributed by atoms with van der Waals surface area (Å²) in [5, 5.41) is 0.845. The first-order valence-electron chi connectivity index (χ1n) is 12.7. The Bertz CT molecular complexity index is 1290. The van der Waals surface area contributed by atoms with Gasteiger partial charge in [-0.2, -0.15) is 13.2 Å². The number of benzene rings is 2. The van der Waals surface area contributed by atoms with E-state index in [1.165, 1.54) is 23.1 Å². The number of methoxy groups -OCH3 is 1. The molecule has 0 radical (unpaired) electrons. The van der Waals surface area contributed by atoms with Crippen LogP contribution >= 0.6 is 0 Å². The van der Waals surface area contributed by atoms with Crippen LogP contribution in [-0.4, -0.2) is 68.5 Å². The second kappa shape index (κ2) is 11.2. The number of anilines is 1. The van der Waals surface area contributed by atoms with Gasteiger partial charge in [-0.15, -0.1) is 0 Å². The minimum atomic E-state index is -4.65. The number of halogens is 3. The summed E-state index contributed by atoms with van der Waals surface area (Å²) < 4.78 is 58.1. The lowest BCUT2D eigenvalue weighted by Crippen LogP contribution is -2.40. The number of pyridine rings is 1. The number of morpholine rings is 1. The second-order valence-electron chi connectivity index (χ2n) is 9.49. The summed E-state index contributed by atoms with van der Waals surface area (Å²) in [6.07, 6.45) is -3.28. The van der Waals surface area contributed by atoms with Crippen molar-refractivity contribution in [1.29, 1.82) is 0 Å². The largest absolute Gasteiger partial charge is 0.497 e. The molecule has 1 aromatic heterocycles. The number of carbonyl (C=O) groups is 1. The zero-order valence-corrected chi connectivity index (χ0v) is 21.2. The molecule has 5 rings (SSSR count). The Morgan fingerprint density at radius 3 is 2.63 bits per heavy atom. The molecule has 0 spiro atoms. The van der Waals surface area contributed by atoms with E-state index in [4.69, 9.17) is 19.2 Å². The van der Waals surface area contributed by atoms with Crippen molar-refractivity contribution in [3.05, 3.63) is 65.2 Å². The molecular formula is C28H30F3N3O4. The molecule has 202 valence electrons. The molecule has 0 saturated carbocycles. The van der Waals surface area contributed by atoms with Crippen LogP contribution in [0.25, 0.3) is 10.9 Å². The van der Waals surface area contributed by atoms with Crippen molar-refractivity contribution in [1.82, 2.24) is 9.88 Å². The van der Waals surface area contributed by atoms with Gasteiger partial charge < -0.3 is 24.0 Å². The van der Waals surface area contributed by atoms with Crippen molar-refractivity contribution in [2.24, 2.45) is 0 Å². The van der Waals surface area contributed by atoms with Crippen LogP contribution in [0.3, 0.4) is 0 Å². The Labute approximate surface area is 219 Å².